The van der Waals surface area contributed by atoms with E-state index < -0.39 is 0 Å². The third-order valence-electron chi connectivity index (χ3n) is 11.5. The molecule has 1 aliphatic rings. The molecule has 1 aliphatic carbocycles. The van der Waals surface area contributed by atoms with Crippen molar-refractivity contribution in [3.8, 4) is 22.3 Å². The maximum absolute atomic E-state index is 2.61. The van der Waals surface area contributed by atoms with Crippen LogP contribution in [-0.4, -0.2) is 0 Å². The van der Waals surface area contributed by atoms with Gasteiger partial charge in [-0.1, -0.05) is 180 Å². The quantitative estimate of drug-likeness (QED) is 0.0819. The van der Waals surface area contributed by atoms with Crippen molar-refractivity contribution in [2.75, 3.05) is 0 Å². The fourth-order valence-corrected chi connectivity index (χ4v) is 8.98. The molecule has 250 valence electrons. The molecule has 0 nitrogen and oxygen atoms in total. The van der Waals surface area contributed by atoms with Crippen molar-refractivity contribution in [3.05, 3.63) is 143 Å². The Morgan fingerprint density at radius 1 is 0.490 bits per heavy atom. The largest absolute Gasteiger partial charge is 0.0654 e. The molecule has 0 saturated heterocycles. The number of unbranched alkanes of at least 4 members (excludes halogenated alkanes) is 8. The van der Waals surface area contributed by atoms with E-state index in [1.165, 1.54) is 141 Å². The van der Waals surface area contributed by atoms with Crippen LogP contribution in [0.2, 0.25) is 0 Å². The predicted molar refractivity (Wildman–Crippen MR) is 214 cm³/mol. The molecular formula is C49H54. The van der Waals surface area contributed by atoms with Gasteiger partial charge in [-0.3, -0.25) is 0 Å². The lowest BCUT2D eigenvalue weighted by atomic mass is 9.68. The number of fused-ring (bicyclic) bond motifs is 5. The standard InChI is InChI=1S/C49H54/c1-5-7-9-11-12-18-31-49(39-22-19-21-37(33-39)20-13-10-8-6-2)46-32-35(3)27-29-42(46)43-30-28-38(34-47(43)49)48-44-25-16-14-23-40(44)36(4)41-24-15-17-26-45(41)48/h14-17,19,21-30,32-34H,5-13,18,20,31H2,1-4H3. The van der Waals surface area contributed by atoms with E-state index in [1.54, 1.807) is 0 Å². The van der Waals surface area contributed by atoms with Crippen molar-refractivity contribution in [3.63, 3.8) is 0 Å². The predicted octanol–water partition coefficient (Wildman–Crippen LogP) is 14.5. The summed E-state index contributed by atoms with van der Waals surface area (Å²) in [7, 11) is 0. The first-order valence-corrected chi connectivity index (χ1v) is 19.3. The normalized spacial score (nSPS) is 15.2. The summed E-state index contributed by atoms with van der Waals surface area (Å²) >= 11 is 0. The van der Waals surface area contributed by atoms with Crippen molar-refractivity contribution in [2.45, 2.75) is 110 Å². The zero-order chi connectivity index (χ0) is 33.8. The Morgan fingerprint density at radius 2 is 1.08 bits per heavy atom. The van der Waals surface area contributed by atoms with Crippen LogP contribution >= 0.6 is 0 Å². The van der Waals surface area contributed by atoms with Crippen molar-refractivity contribution < 1.29 is 0 Å². The van der Waals surface area contributed by atoms with Gasteiger partial charge in [-0.15, -0.1) is 0 Å². The average Bonchev–Trinajstić information content (AvgIpc) is 3.40. The lowest BCUT2D eigenvalue weighted by Crippen LogP contribution is -2.27. The van der Waals surface area contributed by atoms with Gasteiger partial charge in [-0.25, -0.2) is 0 Å². The Balaban J connectivity index is 1.44. The second-order valence-corrected chi connectivity index (χ2v) is 14.8. The van der Waals surface area contributed by atoms with Crippen LogP contribution in [0.15, 0.2) is 109 Å². The molecule has 0 N–H and O–H groups in total. The molecule has 0 saturated carbocycles. The Kier molecular flexibility index (Phi) is 10.0. The topological polar surface area (TPSA) is 0 Å². The van der Waals surface area contributed by atoms with Crippen LogP contribution < -0.4 is 0 Å². The number of rotatable bonds is 14. The first-order valence-electron chi connectivity index (χ1n) is 19.3. The summed E-state index contributed by atoms with van der Waals surface area (Å²) in [5.74, 6) is 0. The Labute approximate surface area is 295 Å². The van der Waals surface area contributed by atoms with Crippen molar-refractivity contribution in [1.82, 2.24) is 0 Å². The fourth-order valence-electron chi connectivity index (χ4n) is 8.98. The number of aryl methyl sites for hydroxylation is 3. The molecule has 1 atom stereocenters. The van der Waals surface area contributed by atoms with Crippen LogP contribution in [0.25, 0.3) is 43.8 Å². The van der Waals surface area contributed by atoms with Crippen LogP contribution in [0.3, 0.4) is 0 Å². The fraction of sp³-hybridized carbons (Fsp3) is 0.347. The highest BCUT2D eigenvalue weighted by molar-refractivity contribution is 6.15. The number of hydrogen-bond donors (Lipinski definition) is 0. The van der Waals surface area contributed by atoms with Crippen LogP contribution in [0.5, 0.6) is 0 Å². The lowest BCUT2D eigenvalue weighted by molar-refractivity contribution is 0.506. The molecule has 49 heavy (non-hydrogen) atoms. The number of benzene rings is 6. The summed E-state index contributed by atoms with van der Waals surface area (Å²) in [6.07, 6.45) is 15.3. The minimum atomic E-state index is -0.173. The summed E-state index contributed by atoms with van der Waals surface area (Å²) in [6, 6.07) is 42.6. The second-order valence-electron chi connectivity index (χ2n) is 14.8. The van der Waals surface area contributed by atoms with E-state index in [9.17, 15) is 0 Å². The Bertz CT molecular complexity index is 2020. The highest BCUT2D eigenvalue weighted by Gasteiger charge is 2.44. The van der Waals surface area contributed by atoms with Gasteiger partial charge in [0.15, 0.2) is 0 Å². The van der Waals surface area contributed by atoms with E-state index in [1.807, 2.05) is 0 Å². The highest BCUT2D eigenvalue weighted by Crippen LogP contribution is 2.56. The maximum atomic E-state index is 2.61. The molecule has 1 unspecified atom stereocenters. The van der Waals surface area contributed by atoms with E-state index >= 15 is 0 Å². The molecule has 0 aromatic heterocycles. The molecule has 6 aromatic carbocycles. The third kappa shape index (κ3) is 6.25. The minimum absolute atomic E-state index is 0.173. The molecule has 0 bridgehead atoms. The van der Waals surface area contributed by atoms with Gasteiger partial charge in [0, 0.05) is 5.41 Å². The van der Waals surface area contributed by atoms with Gasteiger partial charge in [-0.05, 0) is 111 Å². The monoisotopic (exact) mass is 642 g/mol. The van der Waals surface area contributed by atoms with Gasteiger partial charge in [0.2, 0.25) is 0 Å². The van der Waals surface area contributed by atoms with Crippen LogP contribution in [-0.2, 0) is 11.8 Å². The summed E-state index contributed by atoms with van der Waals surface area (Å²) < 4.78 is 0. The summed E-state index contributed by atoms with van der Waals surface area (Å²) in [5, 5.41) is 5.40. The molecule has 0 heterocycles. The molecular weight excluding hydrogens is 589 g/mol. The van der Waals surface area contributed by atoms with Crippen molar-refractivity contribution in [2.24, 2.45) is 0 Å². The van der Waals surface area contributed by atoms with Crippen LogP contribution in [0.1, 0.15) is 118 Å². The maximum Gasteiger partial charge on any atom is 0.0464 e. The SMILES string of the molecule is CCCCCCCCC1(c2cccc(CCCCCC)c2)c2cc(C)ccc2-c2ccc(-c3c4ccccc4c(C)c4ccccc34)cc21. The smallest absolute Gasteiger partial charge is 0.0464 e. The summed E-state index contributed by atoms with van der Waals surface area (Å²) in [4.78, 5) is 0. The molecule has 7 rings (SSSR count). The van der Waals surface area contributed by atoms with Gasteiger partial charge in [0.1, 0.15) is 0 Å². The van der Waals surface area contributed by atoms with Crippen molar-refractivity contribution >= 4 is 21.5 Å². The van der Waals surface area contributed by atoms with E-state index in [-0.39, 0.29) is 5.41 Å². The van der Waals surface area contributed by atoms with Gasteiger partial charge in [-0.2, -0.15) is 0 Å². The zero-order valence-corrected chi connectivity index (χ0v) is 30.4. The van der Waals surface area contributed by atoms with E-state index in [0.29, 0.717) is 0 Å². The van der Waals surface area contributed by atoms with Crippen LogP contribution in [0.4, 0.5) is 0 Å². The summed E-state index contributed by atoms with van der Waals surface area (Å²) in [5.41, 5.74) is 14.1. The molecule has 0 amide bonds. The minimum Gasteiger partial charge on any atom is -0.0654 e. The zero-order valence-electron chi connectivity index (χ0n) is 30.4. The van der Waals surface area contributed by atoms with E-state index in [4.69, 9.17) is 0 Å². The molecule has 0 radical (unpaired) electrons. The van der Waals surface area contributed by atoms with Gasteiger partial charge in [0.25, 0.3) is 0 Å². The molecule has 6 aromatic rings. The first-order chi connectivity index (χ1) is 24.1. The van der Waals surface area contributed by atoms with E-state index in [2.05, 4.69) is 137 Å². The lowest BCUT2D eigenvalue weighted by Gasteiger charge is -2.34. The molecule has 0 fully saturated rings. The number of hydrogen-bond acceptors (Lipinski definition) is 0. The molecule has 0 aliphatic heterocycles. The van der Waals surface area contributed by atoms with E-state index in [0.717, 1.165) is 12.8 Å². The van der Waals surface area contributed by atoms with Gasteiger partial charge >= 0.3 is 0 Å². The second kappa shape index (κ2) is 14.8. The van der Waals surface area contributed by atoms with Gasteiger partial charge < -0.3 is 0 Å². The van der Waals surface area contributed by atoms with Crippen molar-refractivity contribution in [1.29, 1.82) is 0 Å². The van der Waals surface area contributed by atoms with Gasteiger partial charge in [0.05, 0.1) is 0 Å². The molecule has 0 spiro atoms. The Hall–Kier alpha value is -4.16. The highest BCUT2D eigenvalue weighted by atomic mass is 14.5. The average molecular weight is 643 g/mol. The summed E-state index contributed by atoms with van der Waals surface area (Å²) in [6.45, 7) is 9.19. The van der Waals surface area contributed by atoms with Crippen LogP contribution in [0, 0.1) is 13.8 Å². The third-order valence-corrected chi connectivity index (χ3v) is 11.5. The first kappa shape index (κ1) is 33.3. The Morgan fingerprint density at radius 3 is 1.78 bits per heavy atom. The molecule has 0 heteroatoms.